The highest BCUT2D eigenvalue weighted by molar-refractivity contribution is 6.05. The molecule has 1 atom stereocenters. The highest BCUT2D eigenvalue weighted by atomic mass is 16.4. The third-order valence-corrected chi connectivity index (χ3v) is 3.11. The molecule has 5 nitrogen and oxygen atoms in total. The summed E-state index contributed by atoms with van der Waals surface area (Å²) in [5, 5.41) is 15.0. The maximum atomic E-state index is 11.8. The molecule has 0 saturated carbocycles. The van der Waals surface area contributed by atoms with E-state index in [1.54, 1.807) is 12.1 Å². The van der Waals surface area contributed by atoms with Crippen molar-refractivity contribution in [3.8, 4) is 0 Å². The summed E-state index contributed by atoms with van der Waals surface area (Å²) in [5.41, 5.74) is 1.13. The van der Waals surface area contributed by atoms with Gasteiger partial charge in [-0.2, -0.15) is 0 Å². The van der Waals surface area contributed by atoms with Crippen LogP contribution in [0.5, 0.6) is 0 Å². The first kappa shape index (κ1) is 12.4. The number of carboxylic acid groups (broad SMARTS) is 1. The maximum absolute atomic E-state index is 11.8. The van der Waals surface area contributed by atoms with Gasteiger partial charge in [0.15, 0.2) is 0 Å². The summed E-state index contributed by atoms with van der Waals surface area (Å²) in [6.45, 7) is 4.05. The molecule has 0 spiro atoms. The van der Waals surface area contributed by atoms with Gasteiger partial charge in [0.1, 0.15) is 0 Å². The molecule has 1 unspecified atom stereocenters. The third-order valence-electron chi connectivity index (χ3n) is 3.11. The van der Waals surface area contributed by atoms with Crippen molar-refractivity contribution >= 4 is 23.3 Å². The summed E-state index contributed by atoms with van der Waals surface area (Å²) in [5.74, 6) is -0.916. The fourth-order valence-corrected chi connectivity index (χ4v) is 2.03. The van der Waals surface area contributed by atoms with Crippen molar-refractivity contribution in [2.24, 2.45) is 5.92 Å². The second-order valence-electron chi connectivity index (χ2n) is 4.78. The van der Waals surface area contributed by atoms with Crippen LogP contribution in [-0.2, 0) is 4.79 Å². The predicted octanol–water partition coefficient (Wildman–Crippen LogP) is 2.16. The number of carbonyl (C=O) groups is 2. The van der Waals surface area contributed by atoms with Crippen LogP contribution in [0, 0.1) is 5.92 Å². The van der Waals surface area contributed by atoms with E-state index in [9.17, 15) is 9.59 Å². The molecule has 18 heavy (non-hydrogen) atoms. The number of para-hydroxylation sites is 1. The molecule has 0 aliphatic carbocycles. The minimum atomic E-state index is -1.04. The van der Waals surface area contributed by atoms with Crippen LogP contribution in [-0.4, -0.2) is 23.0 Å². The number of hydrogen-bond donors (Lipinski definition) is 3. The number of carboxylic acids is 1. The topological polar surface area (TPSA) is 78.4 Å². The van der Waals surface area contributed by atoms with Gasteiger partial charge >= 0.3 is 5.97 Å². The molecule has 0 radical (unpaired) electrons. The van der Waals surface area contributed by atoms with Crippen LogP contribution in [0.1, 0.15) is 30.6 Å². The average Bonchev–Trinajstić information content (AvgIpc) is 2.46. The van der Waals surface area contributed by atoms with Crippen LogP contribution in [0.25, 0.3) is 0 Å². The van der Waals surface area contributed by atoms with Crippen molar-refractivity contribution in [1.82, 2.24) is 0 Å². The fraction of sp³-hybridized carbons (Fsp3) is 0.385. The van der Waals surface area contributed by atoms with Gasteiger partial charge in [-0.3, -0.25) is 4.79 Å². The zero-order chi connectivity index (χ0) is 13.3. The van der Waals surface area contributed by atoms with E-state index in [2.05, 4.69) is 10.6 Å². The molecule has 0 aromatic heterocycles. The number of carbonyl (C=O) groups excluding carboxylic acids is 1. The minimum Gasteiger partial charge on any atom is -0.478 e. The molecule has 5 heteroatoms. The largest absolute Gasteiger partial charge is 0.478 e. The van der Waals surface area contributed by atoms with Crippen molar-refractivity contribution in [3.05, 3.63) is 23.8 Å². The molecule has 96 valence electrons. The first-order valence-electron chi connectivity index (χ1n) is 5.91. The molecule has 0 bridgehead atoms. The SMILES string of the molecule is CC(C)C1CC(=O)Nc2c(cccc2C(=O)O)N1. The molecule has 1 amide bonds. The number of nitrogens with one attached hydrogen (secondary N) is 2. The number of hydrogen-bond acceptors (Lipinski definition) is 3. The Bertz CT molecular complexity index is 497. The van der Waals surface area contributed by atoms with Gasteiger partial charge in [0.05, 0.1) is 16.9 Å². The molecule has 3 N–H and O–H groups in total. The Morgan fingerprint density at radius 1 is 1.44 bits per heavy atom. The van der Waals surface area contributed by atoms with E-state index < -0.39 is 5.97 Å². The maximum Gasteiger partial charge on any atom is 0.337 e. The Kier molecular flexibility index (Phi) is 3.23. The summed E-state index contributed by atoms with van der Waals surface area (Å²) in [6, 6.07) is 4.95. The van der Waals surface area contributed by atoms with Crippen molar-refractivity contribution in [2.75, 3.05) is 10.6 Å². The van der Waals surface area contributed by atoms with Gasteiger partial charge in [-0.05, 0) is 18.1 Å². The molecule has 1 aliphatic heterocycles. The summed E-state index contributed by atoms with van der Waals surface area (Å²) in [7, 11) is 0. The highest BCUT2D eigenvalue weighted by Gasteiger charge is 2.25. The van der Waals surface area contributed by atoms with E-state index in [0.29, 0.717) is 17.8 Å². The van der Waals surface area contributed by atoms with E-state index in [-0.39, 0.29) is 23.4 Å². The smallest absolute Gasteiger partial charge is 0.337 e. The number of anilines is 2. The Hall–Kier alpha value is -2.04. The zero-order valence-corrected chi connectivity index (χ0v) is 10.4. The monoisotopic (exact) mass is 248 g/mol. The van der Waals surface area contributed by atoms with E-state index in [0.717, 1.165) is 0 Å². The summed E-state index contributed by atoms with van der Waals surface area (Å²) in [6.07, 6.45) is 0.339. The standard InChI is InChI=1S/C13H16N2O3/c1-7(2)10-6-11(16)15-12-8(13(17)18)4-3-5-9(12)14-10/h3-5,7,10,14H,6H2,1-2H3,(H,15,16)(H,17,18). The van der Waals surface area contributed by atoms with Crippen LogP contribution in [0.4, 0.5) is 11.4 Å². The fourth-order valence-electron chi connectivity index (χ4n) is 2.03. The van der Waals surface area contributed by atoms with Gasteiger partial charge in [0, 0.05) is 12.5 Å². The molecule has 1 aromatic rings. The molecule has 0 fully saturated rings. The molecule has 1 aliphatic rings. The van der Waals surface area contributed by atoms with Gasteiger partial charge in [0.2, 0.25) is 5.91 Å². The highest BCUT2D eigenvalue weighted by Crippen LogP contribution is 2.31. The lowest BCUT2D eigenvalue weighted by molar-refractivity contribution is -0.116. The second-order valence-corrected chi connectivity index (χ2v) is 4.78. The lowest BCUT2D eigenvalue weighted by atomic mass is 10.0. The number of amides is 1. The van der Waals surface area contributed by atoms with Crippen LogP contribution in [0.2, 0.25) is 0 Å². The van der Waals surface area contributed by atoms with Crippen LogP contribution in [0.15, 0.2) is 18.2 Å². The Labute approximate surface area is 105 Å². The van der Waals surface area contributed by atoms with Crippen molar-refractivity contribution in [1.29, 1.82) is 0 Å². The van der Waals surface area contributed by atoms with Gasteiger partial charge < -0.3 is 15.7 Å². The molecular weight excluding hydrogens is 232 g/mol. The second kappa shape index (κ2) is 4.68. The molecule has 1 heterocycles. The van der Waals surface area contributed by atoms with Gasteiger partial charge in [0.25, 0.3) is 0 Å². The molecular formula is C13H16N2O3. The van der Waals surface area contributed by atoms with Crippen LogP contribution < -0.4 is 10.6 Å². The molecule has 2 rings (SSSR count). The van der Waals surface area contributed by atoms with Crippen molar-refractivity contribution < 1.29 is 14.7 Å². The van der Waals surface area contributed by atoms with Gasteiger partial charge in [-0.1, -0.05) is 19.9 Å². The average molecular weight is 248 g/mol. The van der Waals surface area contributed by atoms with Crippen LogP contribution in [0.3, 0.4) is 0 Å². The minimum absolute atomic E-state index is 0.00953. The number of rotatable bonds is 2. The number of aromatic carboxylic acids is 1. The first-order valence-corrected chi connectivity index (χ1v) is 5.91. The van der Waals surface area contributed by atoms with Crippen LogP contribution >= 0.6 is 0 Å². The first-order chi connectivity index (χ1) is 8.49. The van der Waals surface area contributed by atoms with Crippen molar-refractivity contribution in [3.63, 3.8) is 0 Å². The molecule has 0 saturated heterocycles. The summed E-state index contributed by atoms with van der Waals surface area (Å²) < 4.78 is 0. The lowest BCUT2D eigenvalue weighted by Gasteiger charge is -2.20. The zero-order valence-electron chi connectivity index (χ0n) is 10.4. The van der Waals surface area contributed by atoms with Gasteiger partial charge in [-0.25, -0.2) is 4.79 Å². The van der Waals surface area contributed by atoms with Crippen molar-refractivity contribution in [2.45, 2.75) is 26.3 Å². The number of fused-ring (bicyclic) bond motifs is 1. The molecule has 1 aromatic carbocycles. The Balaban J connectivity index is 2.46. The van der Waals surface area contributed by atoms with E-state index in [4.69, 9.17) is 5.11 Å². The van der Waals surface area contributed by atoms with E-state index >= 15 is 0 Å². The van der Waals surface area contributed by atoms with E-state index in [1.165, 1.54) is 6.07 Å². The van der Waals surface area contributed by atoms with E-state index in [1.807, 2.05) is 13.8 Å². The predicted molar refractivity (Wildman–Crippen MR) is 68.9 cm³/mol. The summed E-state index contributed by atoms with van der Waals surface area (Å²) in [4.78, 5) is 22.9. The normalized spacial score (nSPS) is 18.6. The summed E-state index contributed by atoms with van der Waals surface area (Å²) >= 11 is 0. The third kappa shape index (κ3) is 2.30. The number of benzene rings is 1. The Morgan fingerprint density at radius 3 is 2.78 bits per heavy atom. The quantitative estimate of drug-likeness (QED) is 0.749. The van der Waals surface area contributed by atoms with Gasteiger partial charge in [-0.15, -0.1) is 0 Å². The lowest BCUT2D eigenvalue weighted by Crippen LogP contribution is -2.27. The Morgan fingerprint density at radius 2 is 2.17 bits per heavy atom.